The molecule has 1 aromatic rings. The average Bonchev–Trinajstić information content (AvgIpc) is 2.28. The van der Waals surface area contributed by atoms with Crippen molar-refractivity contribution in [2.45, 2.75) is 27.2 Å². The largest absolute Gasteiger partial charge is 0.493 e. The second-order valence-corrected chi connectivity index (χ2v) is 3.58. The van der Waals surface area contributed by atoms with Gasteiger partial charge in [0.05, 0.1) is 17.1 Å². The lowest BCUT2D eigenvalue weighted by Crippen LogP contribution is -2.04. The highest BCUT2D eigenvalue weighted by Gasteiger charge is 2.19. The van der Waals surface area contributed by atoms with E-state index in [-0.39, 0.29) is 17.0 Å². The molecule has 17 heavy (non-hydrogen) atoms. The molecule has 0 heterocycles. The van der Waals surface area contributed by atoms with Crippen LogP contribution in [0.15, 0.2) is 12.1 Å². The van der Waals surface area contributed by atoms with Crippen LogP contribution in [0.2, 0.25) is 0 Å². The third kappa shape index (κ3) is 2.81. The lowest BCUT2D eigenvalue weighted by Gasteiger charge is -2.10. The number of Topliss-reactive ketones (excluding diaryl/α,β-unsaturated/α-hetero) is 1. The molecule has 0 radical (unpaired) electrons. The highest BCUT2D eigenvalue weighted by Crippen LogP contribution is 2.29. The molecule has 0 aliphatic carbocycles. The molecule has 1 aromatic carbocycles. The van der Waals surface area contributed by atoms with Crippen molar-refractivity contribution in [3.63, 3.8) is 0 Å². The van der Waals surface area contributed by atoms with Gasteiger partial charge in [0.25, 0.3) is 5.69 Å². The topological polar surface area (TPSA) is 69.4 Å². The predicted octanol–water partition coefficient (Wildman–Crippen LogP) is 2.76. The van der Waals surface area contributed by atoms with E-state index >= 15 is 0 Å². The monoisotopic (exact) mass is 237 g/mol. The Morgan fingerprint density at radius 3 is 2.47 bits per heavy atom. The van der Waals surface area contributed by atoms with Gasteiger partial charge in [-0.25, -0.2) is 0 Å². The minimum absolute atomic E-state index is 0.0267. The molecule has 0 saturated heterocycles. The van der Waals surface area contributed by atoms with Crippen LogP contribution < -0.4 is 4.74 Å². The summed E-state index contributed by atoms with van der Waals surface area (Å²) in [6.45, 7) is 5.41. The average molecular weight is 237 g/mol. The normalized spacial score (nSPS) is 10.1. The number of ketones is 1. The van der Waals surface area contributed by atoms with Gasteiger partial charge in [-0.15, -0.1) is 0 Å². The lowest BCUT2D eigenvalue weighted by atomic mass is 10.0. The van der Waals surface area contributed by atoms with Crippen molar-refractivity contribution in [2.24, 2.45) is 0 Å². The van der Waals surface area contributed by atoms with E-state index in [9.17, 15) is 14.9 Å². The van der Waals surface area contributed by atoms with Gasteiger partial charge in [0, 0.05) is 11.6 Å². The molecule has 0 aromatic heterocycles. The van der Waals surface area contributed by atoms with Crippen molar-refractivity contribution < 1.29 is 14.5 Å². The summed E-state index contributed by atoms with van der Waals surface area (Å²) in [7, 11) is 0. The molecule has 0 atom stereocenters. The molecule has 0 saturated carbocycles. The lowest BCUT2D eigenvalue weighted by molar-refractivity contribution is -0.385. The number of nitrogens with zero attached hydrogens (tertiary/aromatic N) is 1. The summed E-state index contributed by atoms with van der Waals surface area (Å²) < 4.78 is 5.33. The quantitative estimate of drug-likeness (QED) is 0.448. The Bertz CT molecular complexity index is 454. The molecule has 0 amide bonds. The van der Waals surface area contributed by atoms with Gasteiger partial charge in [-0.05, 0) is 26.3 Å². The molecule has 0 N–H and O–H groups in total. The molecule has 0 fully saturated rings. The fourth-order valence-electron chi connectivity index (χ4n) is 1.61. The molecule has 92 valence electrons. The standard InChI is InChI=1S/C12H15NO4/c1-4-9-6-12(17-5-2)10(8(3)14)7-11(9)13(15)16/h6-7H,4-5H2,1-3H3. The first-order chi connectivity index (χ1) is 8.01. The SMILES string of the molecule is CCOc1cc(CC)c([N+](=O)[O-])cc1C(C)=O. The number of carbonyl (C=O) groups excluding carboxylic acids is 1. The maximum Gasteiger partial charge on any atom is 0.273 e. The van der Waals surface area contributed by atoms with Crippen molar-refractivity contribution in [1.82, 2.24) is 0 Å². The molecule has 0 spiro atoms. The zero-order valence-corrected chi connectivity index (χ0v) is 10.1. The second-order valence-electron chi connectivity index (χ2n) is 3.58. The summed E-state index contributed by atoms with van der Waals surface area (Å²) in [4.78, 5) is 21.8. The summed E-state index contributed by atoms with van der Waals surface area (Å²) in [5.41, 5.74) is 0.806. The van der Waals surface area contributed by atoms with Crippen LogP contribution in [0, 0.1) is 10.1 Å². The van der Waals surface area contributed by atoms with Crippen molar-refractivity contribution in [2.75, 3.05) is 6.61 Å². The third-order valence-corrected chi connectivity index (χ3v) is 2.44. The van der Waals surface area contributed by atoms with Crippen LogP contribution in [0.5, 0.6) is 5.75 Å². The number of carbonyl (C=O) groups is 1. The van der Waals surface area contributed by atoms with E-state index in [1.807, 2.05) is 6.92 Å². The number of ether oxygens (including phenoxy) is 1. The molecule has 5 heteroatoms. The van der Waals surface area contributed by atoms with Gasteiger partial charge >= 0.3 is 0 Å². The van der Waals surface area contributed by atoms with Crippen LogP contribution in [0.3, 0.4) is 0 Å². The van der Waals surface area contributed by atoms with Crippen LogP contribution >= 0.6 is 0 Å². The van der Waals surface area contributed by atoms with E-state index in [1.165, 1.54) is 13.0 Å². The van der Waals surface area contributed by atoms with Crippen molar-refractivity contribution in [3.05, 3.63) is 33.4 Å². The molecule has 0 aliphatic rings. The Hall–Kier alpha value is -1.91. The Morgan fingerprint density at radius 2 is 2.06 bits per heavy atom. The summed E-state index contributed by atoms with van der Waals surface area (Å²) in [5, 5.41) is 10.9. The Balaban J connectivity index is 3.41. The summed E-state index contributed by atoms with van der Waals surface area (Å²) in [6.07, 6.45) is 0.522. The summed E-state index contributed by atoms with van der Waals surface area (Å²) in [5.74, 6) is 0.182. The number of aryl methyl sites for hydroxylation is 1. The number of hydrogen-bond donors (Lipinski definition) is 0. The van der Waals surface area contributed by atoms with Crippen LogP contribution in [0.25, 0.3) is 0 Å². The summed E-state index contributed by atoms with van der Waals surface area (Å²) in [6, 6.07) is 2.88. The van der Waals surface area contributed by atoms with Gasteiger partial charge in [-0.1, -0.05) is 6.92 Å². The minimum atomic E-state index is -0.471. The zero-order valence-electron chi connectivity index (χ0n) is 10.1. The van der Waals surface area contributed by atoms with E-state index < -0.39 is 4.92 Å². The van der Waals surface area contributed by atoms with E-state index in [4.69, 9.17) is 4.74 Å². The van der Waals surface area contributed by atoms with Crippen LogP contribution in [0.4, 0.5) is 5.69 Å². The number of rotatable bonds is 5. The molecular formula is C12H15NO4. The van der Waals surface area contributed by atoms with Gasteiger partial charge in [0.15, 0.2) is 5.78 Å². The van der Waals surface area contributed by atoms with E-state index in [2.05, 4.69) is 0 Å². The molecule has 5 nitrogen and oxygen atoms in total. The first-order valence-electron chi connectivity index (χ1n) is 5.46. The highest BCUT2D eigenvalue weighted by molar-refractivity contribution is 5.97. The maximum absolute atomic E-state index is 11.4. The van der Waals surface area contributed by atoms with Gasteiger partial charge < -0.3 is 4.74 Å². The molecule has 0 bridgehead atoms. The van der Waals surface area contributed by atoms with Crippen LogP contribution in [-0.2, 0) is 6.42 Å². The number of benzene rings is 1. The van der Waals surface area contributed by atoms with E-state index in [1.54, 1.807) is 13.0 Å². The number of hydrogen-bond acceptors (Lipinski definition) is 4. The smallest absolute Gasteiger partial charge is 0.273 e. The van der Waals surface area contributed by atoms with Gasteiger partial charge in [0.1, 0.15) is 5.75 Å². The predicted molar refractivity (Wildman–Crippen MR) is 63.6 cm³/mol. The molecular weight excluding hydrogens is 222 g/mol. The molecule has 0 unspecified atom stereocenters. The van der Waals surface area contributed by atoms with Crippen molar-refractivity contribution in [1.29, 1.82) is 0 Å². The number of nitro benzene ring substituents is 1. The number of nitro groups is 1. The van der Waals surface area contributed by atoms with Crippen LogP contribution in [0.1, 0.15) is 36.7 Å². The Labute approximate surface area is 99.5 Å². The van der Waals surface area contributed by atoms with Gasteiger partial charge in [-0.2, -0.15) is 0 Å². The van der Waals surface area contributed by atoms with E-state index in [0.717, 1.165) is 0 Å². The van der Waals surface area contributed by atoms with Crippen LogP contribution in [-0.4, -0.2) is 17.3 Å². The fraction of sp³-hybridized carbons (Fsp3) is 0.417. The first kappa shape index (κ1) is 13.2. The third-order valence-electron chi connectivity index (χ3n) is 2.44. The first-order valence-corrected chi connectivity index (χ1v) is 5.46. The molecule has 0 aliphatic heterocycles. The second kappa shape index (κ2) is 5.43. The Morgan fingerprint density at radius 1 is 1.41 bits per heavy atom. The van der Waals surface area contributed by atoms with Gasteiger partial charge in [-0.3, -0.25) is 14.9 Å². The van der Waals surface area contributed by atoms with E-state index in [0.29, 0.717) is 24.3 Å². The van der Waals surface area contributed by atoms with Gasteiger partial charge in [0.2, 0.25) is 0 Å². The zero-order chi connectivity index (χ0) is 13.0. The minimum Gasteiger partial charge on any atom is -0.493 e. The highest BCUT2D eigenvalue weighted by atomic mass is 16.6. The Kier molecular flexibility index (Phi) is 4.20. The van der Waals surface area contributed by atoms with Crippen molar-refractivity contribution >= 4 is 11.5 Å². The fourth-order valence-corrected chi connectivity index (χ4v) is 1.61. The maximum atomic E-state index is 11.4. The summed E-state index contributed by atoms with van der Waals surface area (Å²) >= 11 is 0. The van der Waals surface area contributed by atoms with Crippen molar-refractivity contribution in [3.8, 4) is 5.75 Å². The molecule has 1 rings (SSSR count).